The van der Waals surface area contributed by atoms with Crippen LogP contribution >= 0.6 is 12.2 Å². The van der Waals surface area contributed by atoms with Crippen molar-refractivity contribution in [2.24, 2.45) is 11.3 Å². The standard InChI is InChI=1S/C13H22N2S/c1-12(2,3)10-7-14-11(16)15(10)8-9-6-13(9,4)5/h7,9H,6,8H2,1-5H3,(H,14,16). The van der Waals surface area contributed by atoms with Crippen molar-refractivity contribution in [3.05, 3.63) is 16.7 Å². The molecule has 1 heterocycles. The monoisotopic (exact) mass is 238 g/mol. The fourth-order valence-corrected chi connectivity index (χ4v) is 2.54. The molecular weight excluding hydrogens is 216 g/mol. The number of hydrogen-bond acceptors (Lipinski definition) is 1. The predicted octanol–water partition coefficient (Wildman–Crippen LogP) is 3.89. The molecule has 1 N–H and O–H groups in total. The molecule has 0 saturated heterocycles. The van der Waals surface area contributed by atoms with Crippen molar-refractivity contribution in [3.8, 4) is 0 Å². The van der Waals surface area contributed by atoms with Crippen LogP contribution < -0.4 is 0 Å². The van der Waals surface area contributed by atoms with Crippen molar-refractivity contribution in [1.29, 1.82) is 0 Å². The molecule has 0 bridgehead atoms. The number of H-pyrrole nitrogens is 1. The van der Waals surface area contributed by atoms with Gasteiger partial charge in [0.05, 0.1) is 0 Å². The van der Waals surface area contributed by atoms with Crippen LogP contribution in [0.15, 0.2) is 6.20 Å². The molecular formula is C13H22N2S. The first kappa shape index (κ1) is 11.9. The molecule has 1 aliphatic carbocycles. The summed E-state index contributed by atoms with van der Waals surface area (Å²) in [5.74, 6) is 0.788. The van der Waals surface area contributed by atoms with E-state index in [9.17, 15) is 0 Å². The Labute approximate surface area is 103 Å². The van der Waals surface area contributed by atoms with Gasteiger partial charge >= 0.3 is 0 Å². The van der Waals surface area contributed by atoms with Gasteiger partial charge in [-0.15, -0.1) is 0 Å². The van der Waals surface area contributed by atoms with E-state index in [0.29, 0.717) is 5.41 Å². The van der Waals surface area contributed by atoms with Gasteiger partial charge in [-0.05, 0) is 30.0 Å². The van der Waals surface area contributed by atoms with E-state index < -0.39 is 0 Å². The van der Waals surface area contributed by atoms with Gasteiger partial charge < -0.3 is 9.55 Å². The van der Waals surface area contributed by atoms with E-state index in [-0.39, 0.29) is 5.41 Å². The van der Waals surface area contributed by atoms with Gasteiger partial charge in [0.15, 0.2) is 4.77 Å². The average Bonchev–Trinajstić information content (AvgIpc) is 2.52. The number of nitrogens with one attached hydrogen (secondary N) is 1. The Bertz CT molecular complexity index is 445. The zero-order valence-electron chi connectivity index (χ0n) is 10.9. The second-order valence-corrected chi connectivity index (χ2v) is 7.12. The Morgan fingerprint density at radius 1 is 1.50 bits per heavy atom. The highest BCUT2D eigenvalue weighted by Gasteiger charge is 2.45. The van der Waals surface area contributed by atoms with E-state index in [1.54, 1.807) is 0 Å². The van der Waals surface area contributed by atoms with E-state index in [0.717, 1.165) is 17.2 Å². The molecule has 0 radical (unpaired) electrons. The van der Waals surface area contributed by atoms with Gasteiger partial charge in [0.1, 0.15) is 0 Å². The zero-order chi connectivity index (χ0) is 12.1. The largest absolute Gasteiger partial charge is 0.337 e. The molecule has 0 amide bonds. The summed E-state index contributed by atoms with van der Waals surface area (Å²) >= 11 is 5.37. The lowest BCUT2D eigenvalue weighted by molar-refractivity contribution is 0.455. The van der Waals surface area contributed by atoms with E-state index in [4.69, 9.17) is 12.2 Å². The number of hydrogen-bond donors (Lipinski definition) is 1. The maximum Gasteiger partial charge on any atom is 0.177 e. The Hall–Kier alpha value is -0.570. The number of nitrogens with zero attached hydrogens (tertiary/aromatic N) is 1. The van der Waals surface area contributed by atoms with Crippen LogP contribution in [0.1, 0.15) is 46.7 Å². The van der Waals surface area contributed by atoms with Crippen LogP contribution in [0, 0.1) is 16.1 Å². The number of imidazole rings is 1. The lowest BCUT2D eigenvalue weighted by Crippen LogP contribution is -2.19. The minimum atomic E-state index is 0.159. The van der Waals surface area contributed by atoms with Gasteiger partial charge in [0, 0.05) is 23.9 Å². The zero-order valence-corrected chi connectivity index (χ0v) is 11.7. The van der Waals surface area contributed by atoms with Crippen LogP contribution in [-0.4, -0.2) is 9.55 Å². The van der Waals surface area contributed by atoms with E-state index >= 15 is 0 Å². The van der Waals surface area contributed by atoms with Gasteiger partial charge in [0.2, 0.25) is 0 Å². The number of rotatable bonds is 2. The average molecular weight is 238 g/mol. The summed E-state index contributed by atoms with van der Waals surface area (Å²) in [6, 6.07) is 0. The summed E-state index contributed by atoms with van der Waals surface area (Å²) in [4.78, 5) is 3.18. The Morgan fingerprint density at radius 3 is 2.50 bits per heavy atom. The third kappa shape index (κ3) is 2.10. The van der Waals surface area contributed by atoms with Crippen molar-refractivity contribution in [3.63, 3.8) is 0 Å². The minimum absolute atomic E-state index is 0.159. The third-order valence-electron chi connectivity index (χ3n) is 3.76. The number of aromatic nitrogens is 2. The lowest BCUT2D eigenvalue weighted by Gasteiger charge is -2.21. The molecule has 3 heteroatoms. The predicted molar refractivity (Wildman–Crippen MR) is 70.2 cm³/mol. The van der Waals surface area contributed by atoms with E-state index in [1.807, 2.05) is 0 Å². The molecule has 0 aromatic carbocycles. The number of aromatic amines is 1. The normalized spacial score (nSPS) is 23.4. The topological polar surface area (TPSA) is 20.7 Å². The van der Waals surface area contributed by atoms with E-state index in [2.05, 4.69) is 50.4 Å². The van der Waals surface area contributed by atoms with Crippen molar-refractivity contribution < 1.29 is 0 Å². The molecule has 0 aliphatic heterocycles. The first-order valence-electron chi connectivity index (χ1n) is 6.00. The van der Waals surface area contributed by atoms with Gasteiger partial charge in [-0.3, -0.25) is 0 Å². The van der Waals surface area contributed by atoms with Crippen LogP contribution in [0.3, 0.4) is 0 Å². The molecule has 90 valence electrons. The summed E-state index contributed by atoms with van der Waals surface area (Å²) < 4.78 is 3.15. The molecule has 1 unspecified atom stereocenters. The summed E-state index contributed by atoms with van der Waals surface area (Å²) in [5.41, 5.74) is 1.99. The molecule has 2 rings (SSSR count). The lowest BCUT2D eigenvalue weighted by atomic mass is 9.92. The summed E-state index contributed by atoms with van der Waals surface area (Å²) in [7, 11) is 0. The molecule has 1 fully saturated rings. The third-order valence-corrected chi connectivity index (χ3v) is 4.10. The molecule has 1 aromatic heterocycles. The molecule has 1 aromatic rings. The molecule has 16 heavy (non-hydrogen) atoms. The molecule has 0 spiro atoms. The fraction of sp³-hybridized carbons (Fsp3) is 0.769. The highest BCUT2D eigenvalue weighted by molar-refractivity contribution is 7.71. The molecule has 1 saturated carbocycles. The van der Waals surface area contributed by atoms with Crippen LogP contribution in [0.4, 0.5) is 0 Å². The molecule has 2 nitrogen and oxygen atoms in total. The van der Waals surface area contributed by atoms with Crippen LogP contribution in [-0.2, 0) is 12.0 Å². The van der Waals surface area contributed by atoms with E-state index in [1.165, 1.54) is 12.1 Å². The second kappa shape index (κ2) is 3.46. The Morgan fingerprint density at radius 2 is 2.06 bits per heavy atom. The minimum Gasteiger partial charge on any atom is -0.337 e. The van der Waals surface area contributed by atoms with Crippen molar-refractivity contribution in [2.45, 2.75) is 53.0 Å². The highest BCUT2D eigenvalue weighted by Crippen LogP contribution is 2.52. The van der Waals surface area contributed by atoms with Crippen LogP contribution in [0.25, 0.3) is 0 Å². The highest BCUT2D eigenvalue weighted by atomic mass is 32.1. The second-order valence-electron chi connectivity index (χ2n) is 6.73. The van der Waals surface area contributed by atoms with Gasteiger partial charge in [-0.25, -0.2) is 0 Å². The maximum absolute atomic E-state index is 5.37. The quantitative estimate of drug-likeness (QED) is 0.775. The van der Waals surface area contributed by atoms with Crippen molar-refractivity contribution >= 4 is 12.2 Å². The van der Waals surface area contributed by atoms with Crippen LogP contribution in [0.5, 0.6) is 0 Å². The van der Waals surface area contributed by atoms with Gasteiger partial charge in [-0.1, -0.05) is 34.6 Å². The summed E-state index contributed by atoms with van der Waals surface area (Å²) in [6.45, 7) is 12.5. The van der Waals surface area contributed by atoms with Crippen LogP contribution in [0.2, 0.25) is 0 Å². The van der Waals surface area contributed by atoms with Crippen molar-refractivity contribution in [2.75, 3.05) is 0 Å². The molecule has 1 aliphatic rings. The van der Waals surface area contributed by atoms with Crippen molar-refractivity contribution in [1.82, 2.24) is 9.55 Å². The summed E-state index contributed by atoms with van der Waals surface area (Å²) in [5, 5.41) is 0. The summed E-state index contributed by atoms with van der Waals surface area (Å²) in [6.07, 6.45) is 3.39. The van der Waals surface area contributed by atoms with Gasteiger partial charge in [-0.2, -0.15) is 0 Å². The first-order valence-corrected chi connectivity index (χ1v) is 6.41. The molecule has 1 atom stereocenters. The Balaban J connectivity index is 2.27. The maximum atomic E-state index is 5.37. The smallest absolute Gasteiger partial charge is 0.177 e. The fourth-order valence-electron chi connectivity index (χ4n) is 2.31. The van der Waals surface area contributed by atoms with Gasteiger partial charge in [0.25, 0.3) is 0 Å². The first-order chi connectivity index (χ1) is 7.22. The Kier molecular flexibility index (Phi) is 2.57. The SMILES string of the molecule is CC(C)(C)c1c[nH]c(=S)n1CC1CC1(C)C.